The van der Waals surface area contributed by atoms with Gasteiger partial charge in [-0.25, -0.2) is 4.90 Å². The van der Waals surface area contributed by atoms with Gasteiger partial charge in [0.05, 0.1) is 23.4 Å². The third-order valence-corrected chi connectivity index (χ3v) is 7.83. The fourth-order valence-electron chi connectivity index (χ4n) is 5.39. The molecular weight excluding hydrogens is 480 g/mol. The lowest BCUT2D eigenvalue weighted by atomic mass is 9.78. The van der Waals surface area contributed by atoms with Gasteiger partial charge in [0, 0.05) is 23.7 Å². The van der Waals surface area contributed by atoms with Crippen molar-refractivity contribution in [2.45, 2.75) is 33.6 Å². The van der Waals surface area contributed by atoms with Crippen molar-refractivity contribution in [1.29, 1.82) is 0 Å². The van der Waals surface area contributed by atoms with Gasteiger partial charge in [0.25, 0.3) is 0 Å². The molecule has 2 aromatic carbocycles. The molecule has 0 spiro atoms. The van der Waals surface area contributed by atoms with Crippen LogP contribution in [0.5, 0.6) is 5.75 Å². The van der Waals surface area contributed by atoms with Gasteiger partial charge in [0.15, 0.2) is 0 Å². The summed E-state index contributed by atoms with van der Waals surface area (Å²) in [4.78, 5) is 54.4. The molecule has 2 heterocycles. The number of carbonyl (C=O) groups excluding carboxylic acids is 4. The van der Waals surface area contributed by atoms with Gasteiger partial charge in [0.2, 0.25) is 17.7 Å². The number of imide groups is 1. The second-order valence-electron chi connectivity index (χ2n) is 9.88. The van der Waals surface area contributed by atoms with Gasteiger partial charge in [-0.05, 0) is 67.6 Å². The van der Waals surface area contributed by atoms with Gasteiger partial charge < -0.3 is 9.64 Å². The predicted molar refractivity (Wildman–Crippen MR) is 136 cm³/mol. The Morgan fingerprint density at radius 1 is 1.03 bits per heavy atom. The number of fused-ring (bicyclic) bond motifs is 1. The van der Waals surface area contributed by atoms with E-state index >= 15 is 0 Å². The Balaban J connectivity index is 1.29. The Bertz CT molecular complexity index is 1320. The number of anilines is 2. The second-order valence-corrected chi connectivity index (χ2v) is 10.3. The van der Waals surface area contributed by atoms with Crippen molar-refractivity contribution in [2.75, 3.05) is 16.3 Å². The smallest absolute Gasteiger partial charge is 0.316 e. The minimum atomic E-state index is -0.614. The maximum atomic E-state index is 13.1. The monoisotopic (exact) mass is 506 g/mol. The zero-order valence-electron chi connectivity index (χ0n) is 20.4. The minimum absolute atomic E-state index is 0.00959. The van der Waals surface area contributed by atoms with Crippen molar-refractivity contribution >= 4 is 46.7 Å². The number of rotatable bonds is 4. The Labute approximate surface area is 214 Å². The summed E-state index contributed by atoms with van der Waals surface area (Å²) in [5, 5.41) is 0.557. The molecule has 2 fully saturated rings. The molecule has 8 heteroatoms. The van der Waals surface area contributed by atoms with E-state index in [1.807, 2.05) is 38.1 Å². The van der Waals surface area contributed by atoms with Crippen molar-refractivity contribution in [1.82, 2.24) is 0 Å². The largest absolute Gasteiger partial charge is 0.426 e. The van der Waals surface area contributed by atoms with E-state index in [0.29, 0.717) is 34.1 Å². The van der Waals surface area contributed by atoms with Crippen molar-refractivity contribution < 1.29 is 23.9 Å². The van der Waals surface area contributed by atoms with Crippen molar-refractivity contribution in [3.8, 4) is 5.75 Å². The van der Waals surface area contributed by atoms with E-state index in [9.17, 15) is 19.2 Å². The summed E-state index contributed by atoms with van der Waals surface area (Å²) in [6, 6.07) is 10.2. The number of hydrogen-bond acceptors (Lipinski definition) is 5. The van der Waals surface area contributed by atoms with E-state index in [-0.39, 0.29) is 48.4 Å². The molecule has 0 bridgehead atoms. The van der Waals surface area contributed by atoms with Gasteiger partial charge in [-0.15, -0.1) is 0 Å². The first kappa shape index (κ1) is 24.3. The summed E-state index contributed by atoms with van der Waals surface area (Å²) < 4.78 is 5.60. The summed E-state index contributed by atoms with van der Waals surface area (Å²) in [7, 11) is 0. The first-order valence-electron chi connectivity index (χ1n) is 12.1. The quantitative estimate of drug-likeness (QED) is 0.261. The molecule has 7 nitrogen and oxygen atoms in total. The first-order valence-corrected chi connectivity index (χ1v) is 12.5. The minimum Gasteiger partial charge on any atom is -0.426 e. The van der Waals surface area contributed by atoms with Crippen LogP contribution in [0, 0.1) is 37.5 Å². The van der Waals surface area contributed by atoms with E-state index in [1.165, 1.54) is 4.90 Å². The number of ether oxygens (including phenoxy) is 1. The number of halogens is 1. The highest BCUT2D eigenvalue weighted by molar-refractivity contribution is 6.31. The van der Waals surface area contributed by atoms with Crippen LogP contribution in [0.25, 0.3) is 0 Å². The van der Waals surface area contributed by atoms with Crippen LogP contribution < -0.4 is 14.5 Å². The van der Waals surface area contributed by atoms with E-state index in [4.69, 9.17) is 16.3 Å². The van der Waals surface area contributed by atoms with Crippen LogP contribution in [-0.4, -0.2) is 30.2 Å². The Kier molecular flexibility index (Phi) is 6.20. The van der Waals surface area contributed by atoms with Crippen LogP contribution in [0.15, 0.2) is 48.6 Å². The second kappa shape index (κ2) is 9.21. The standard InChI is InChI=1S/C28H27ClN2O5/c1-15-7-8-19(13-22(15)29)30-14-18(12-24(30)32)28(35)36-20-9-10-23(17(3)11-20)31-26(33)21-6-4-5-16(2)25(21)27(31)34/h4-5,7-11,13,16,18,21,25H,6,12,14H2,1-3H3/t16-,18+,21+,25-/m0/s1. The molecule has 0 saturated carbocycles. The molecule has 2 aliphatic heterocycles. The molecule has 0 N–H and O–H groups in total. The van der Waals surface area contributed by atoms with Crippen LogP contribution in [0.2, 0.25) is 5.02 Å². The van der Waals surface area contributed by atoms with Gasteiger partial charge in [0.1, 0.15) is 5.75 Å². The summed E-state index contributed by atoms with van der Waals surface area (Å²) in [5.74, 6) is -2.02. The first-order chi connectivity index (χ1) is 17.2. The molecule has 3 aliphatic rings. The third-order valence-electron chi connectivity index (χ3n) is 7.43. The van der Waals surface area contributed by atoms with Crippen LogP contribution in [0.4, 0.5) is 11.4 Å². The number of nitrogens with zero attached hydrogens (tertiary/aromatic N) is 2. The van der Waals surface area contributed by atoms with Gasteiger partial charge >= 0.3 is 5.97 Å². The van der Waals surface area contributed by atoms with E-state index in [0.717, 1.165) is 5.56 Å². The van der Waals surface area contributed by atoms with Crippen molar-refractivity contribution in [3.63, 3.8) is 0 Å². The summed E-state index contributed by atoms with van der Waals surface area (Å²) in [6.07, 6.45) is 4.58. The number of allylic oxidation sites excluding steroid dienone is 2. The van der Waals surface area contributed by atoms with Crippen molar-refractivity contribution in [2.24, 2.45) is 23.7 Å². The molecule has 36 heavy (non-hydrogen) atoms. The van der Waals surface area contributed by atoms with E-state index < -0.39 is 11.9 Å². The van der Waals surface area contributed by atoms with Crippen molar-refractivity contribution in [3.05, 3.63) is 64.7 Å². The summed E-state index contributed by atoms with van der Waals surface area (Å²) in [6.45, 7) is 5.82. The van der Waals surface area contributed by atoms with Crippen LogP contribution in [-0.2, 0) is 19.2 Å². The summed E-state index contributed by atoms with van der Waals surface area (Å²) >= 11 is 6.20. The molecule has 2 saturated heterocycles. The maximum Gasteiger partial charge on any atom is 0.316 e. The lowest BCUT2D eigenvalue weighted by molar-refractivity contribution is -0.139. The lowest BCUT2D eigenvalue weighted by Crippen LogP contribution is -2.32. The molecule has 0 unspecified atom stereocenters. The fourth-order valence-corrected chi connectivity index (χ4v) is 5.57. The van der Waals surface area contributed by atoms with Crippen LogP contribution in [0.1, 0.15) is 30.9 Å². The summed E-state index contributed by atoms with van der Waals surface area (Å²) in [5.41, 5.74) is 2.71. The fraction of sp³-hybridized carbons (Fsp3) is 0.357. The van der Waals surface area contributed by atoms with Crippen LogP contribution in [0.3, 0.4) is 0 Å². The van der Waals surface area contributed by atoms with Gasteiger partial charge in [-0.1, -0.05) is 36.7 Å². The highest BCUT2D eigenvalue weighted by Crippen LogP contribution is 2.41. The molecule has 0 aromatic heterocycles. The molecule has 186 valence electrons. The average Bonchev–Trinajstić information content (AvgIpc) is 3.34. The zero-order chi connectivity index (χ0) is 25.7. The SMILES string of the molecule is Cc1ccc(N2C[C@H](C(=O)Oc3ccc(N4C(=O)[C@H]5[C@@H](C)C=CC[C@H]5C4=O)c(C)c3)CC2=O)cc1Cl. The Hall–Kier alpha value is -3.45. The normalized spacial score (nSPS) is 25.5. The molecule has 2 aromatic rings. The molecule has 1 aliphatic carbocycles. The van der Waals surface area contributed by atoms with E-state index in [1.54, 1.807) is 36.1 Å². The van der Waals surface area contributed by atoms with Gasteiger partial charge in [-0.2, -0.15) is 0 Å². The topological polar surface area (TPSA) is 84.0 Å². The lowest BCUT2D eigenvalue weighted by Gasteiger charge is -2.22. The maximum absolute atomic E-state index is 13.1. The number of hydrogen-bond donors (Lipinski definition) is 0. The molecular formula is C28H27ClN2O5. The molecule has 0 radical (unpaired) electrons. The number of carbonyl (C=O) groups is 4. The molecule has 3 amide bonds. The predicted octanol–water partition coefficient (Wildman–Crippen LogP) is 4.62. The number of esters is 1. The zero-order valence-corrected chi connectivity index (χ0v) is 21.1. The number of aryl methyl sites for hydroxylation is 2. The number of benzene rings is 2. The van der Waals surface area contributed by atoms with Crippen LogP contribution >= 0.6 is 11.6 Å². The molecule has 5 rings (SSSR count). The Morgan fingerprint density at radius 2 is 1.81 bits per heavy atom. The number of amides is 3. The average molecular weight is 507 g/mol. The Morgan fingerprint density at radius 3 is 2.50 bits per heavy atom. The third kappa shape index (κ3) is 4.11. The van der Waals surface area contributed by atoms with E-state index in [2.05, 4.69) is 0 Å². The highest BCUT2D eigenvalue weighted by Gasteiger charge is 2.50. The highest BCUT2D eigenvalue weighted by atomic mass is 35.5. The molecule has 4 atom stereocenters. The van der Waals surface area contributed by atoms with Gasteiger partial charge in [-0.3, -0.25) is 19.2 Å².